The molecule has 3 aromatic heterocycles. The lowest BCUT2D eigenvalue weighted by molar-refractivity contribution is 0.411. The minimum absolute atomic E-state index is 0.196. The normalized spacial score (nSPS) is 12.6. The molecule has 4 heteroatoms. The number of hydrogen-bond acceptors (Lipinski definition) is 4. The van der Waals surface area contributed by atoms with Gasteiger partial charge in [0.25, 0.3) is 0 Å². The Kier molecular flexibility index (Phi) is 13.4. The molecule has 0 aliphatic carbocycles. The maximum Gasteiger partial charge on any atom is 0.0994 e. The summed E-state index contributed by atoms with van der Waals surface area (Å²) < 4.78 is 43.8. The molecule has 79 heavy (non-hydrogen) atoms. The molecule has 0 spiro atoms. The SMILES string of the molecule is [2H]C([2H])([2H])c1cnc(-c2ccc(-c3ccccc3-c3cc(CCc4ccc(-c5ccccn5)cc4)cc(CCc4ccc(-c5ccccn5)cc4)c3)c(-c3ccc(-c4ccc(C#N)c(C([2H])([2H])C(C)(C)C)c4)cc3)c2)cc1-c1ccccc1C. The summed E-state index contributed by atoms with van der Waals surface area (Å²) in [6.07, 6.45) is 6.81. The van der Waals surface area contributed by atoms with Crippen molar-refractivity contribution in [1.82, 2.24) is 15.0 Å². The molecule has 0 radical (unpaired) electrons. The van der Waals surface area contributed by atoms with Crippen LogP contribution in [0.2, 0.25) is 0 Å². The molecule has 11 rings (SSSR count). The van der Waals surface area contributed by atoms with Crippen LogP contribution in [0.4, 0.5) is 0 Å². The predicted octanol–water partition coefficient (Wildman–Crippen LogP) is 18.9. The molecular formula is C75H64N4. The van der Waals surface area contributed by atoms with Crippen molar-refractivity contribution in [2.45, 2.75) is 66.6 Å². The standard InChI is InChI=1S/C75H64N4/c1-51-14-6-7-15-66(51)70-47-74(79-50-52(70)2)62-38-39-69(71(46-62)58-34-32-57(33-35-58)61-36-37-63(49-76)65(45-61)48-75(3,4)5)68-17-9-8-16-67(68)64-43-55(22-20-53-24-28-59(29-25-53)72-18-10-12-40-77-72)42-56(44-64)23-21-54-26-30-60(31-27-54)73-19-11-13-41-78-73/h6-19,24-47,50H,20-23,48H2,1-5H3/i2D3,48D2. The maximum absolute atomic E-state index is 10.1. The van der Waals surface area contributed by atoms with Gasteiger partial charge in [0.1, 0.15) is 0 Å². The summed E-state index contributed by atoms with van der Waals surface area (Å²) in [5.74, 6) is 0. The van der Waals surface area contributed by atoms with Gasteiger partial charge in [0.2, 0.25) is 0 Å². The Morgan fingerprint density at radius 1 is 0.405 bits per heavy atom. The van der Waals surface area contributed by atoms with E-state index in [9.17, 15) is 5.26 Å². The van der Waals surface area contributed by atoms with Gasteiger partial charge in [0.05, 0.1) is 28.7 Å². The van der Waals surface area contributed by atoms with E-state index in [1.165, 1.54) is 28.5 Å². The topological polar surface area (TPSA) is 62.5 Å². The van der Waals surface area contributed by atoms with Crippen LogP contribution in [0.1, 0.15) is 72.1 Å². The van der Waals surface area contributed by atoms with Crippen molar-refractivity contribution in [3.05, 3.63) is 281 Å². The third-order valence-corrected chi connectivity index (χ3v) is 14.6. The first kappa shape index (κ1) is 45.9. The van der Waals surface area contributed by atoms with E-state index in [4.69, 9.17) is 11.8 Å². The van der Waals surface area contributed by atoms with Crippen LogP contribution < -0.4 is 0 Å². The van der Waals surface area contributed by atoms with E-state index in [1.807, 2.05) is 119 Å². The van der Waals surface area contributed by atoms with Gasteiger partial charge in [-0.3, -0.25) is 15.0 Å². The summed E-state index contributed by atoms with van der Waals surface area (Å²) in [4.78, 5) is 14.0. The van der Waals surface area contributed by atoms with Crippen molar-refractivity contribution in [3.63, 3.8) is 0 Å². The predicted molar refractivity (Wildman–Crippen MR) is 328 cm³/mol. The van der Waals surface area contributed by atoms with Gasteiger partial charge in [0, 0.05) is 42.1 Å². The van der Waals surface area contributed by atoms with Crippen LogP contribution in [0.3, 0.4) is 0 Å². The number of aryl methyl sites for hydroxylation is 6. The second-order valence-corrected chi connectivity index (χ2v) is 21.4. The Morgan fingerprint density at radius 3 is 1.52 bits per heavy atom. The Labute approximate surface area is 473 Å². The number of hydrogen-bond donors (Lipinski definition) is 0. The summed E-state index contributed by atoms with van der Waals surface area (Å²) in [5, 5.41) is 10.1. The fourth-order valence-electron chi connectivity index (χ4n) is 10.6. The molecule has 384 valence electrons. The Bertz CT molecular complexity index is 4070. The summed E-state index contributed by atoms with van der Waals surface area (Å²) in [6.45, 7) is 5.17. The molecule has 0 bridgehead atoms. The third-order valence-electron chi connectivity index (χ3n) is 14.6. The molecule has 11 aromatic rings. The molecule has 8 aromatic carbocycles. The van der Waals surface area contributed by atoms with E-state index in [-0.39, 0.29) is 5.56 Å². The molecule has 0 fully saturated rings. The van der Waals surface area contributed by atoms with Gasteiger partial charge in [-0.1, -0.05) is 191 Å². The van der Waals surface area contributed by atoms with Crippen LogP contribution in [0.15, 0.2) is 237 Å². The van der Waals surface area contributed by atoms with E-state index in [0.717, 1.165) is 109 Å². The van der Waals surface area contributed by atoms with E-state index in [1.54, 1.807) is 6.07 Å². The summed E-state index contributed by atoms with van der Waals surface area (Å²) in [7, 11) is 0. The van der Waals surface area contributed by atoms with Crippen molar-refractivity contribution < 1.29 is 6.85 Å². The second kappa shape index (κ2) is 23.1. The smallest absolute Gasteiger partial charge is 0.0994 e. The van der Waals surface area contributed by atoms with Gasteiger partial charge in [-0.25, -0.2) is 0 Å². The van der Waals surface area contributed by atoms with Crippen molar-refractivity contribution in [1.29, 1.82) is 5.26 Å². The molecule has 3 heterocycles. The van der Waals surface area contributed by atoms with Crippen LogP contribution >= 0.6 is 0 Å². The van der Waals surface area contributed by atoms with Crippen LogP contribution in [0.25, 0.3) is 89.4 Å². The first-order chi connectivity index (χ1) is 40.5. The van der Waals surface area contributed by atoms with Gasteiger partial charge < -0.3 is 0 Å². The molecular weight excluding hydrogens is 957 g/mol. The highest BCUT2D eigenvalue weighted by atomic mass is 14.7. The first-order valence-electron chi connectivity index (χ1n) is 29.6. The minimum Gasteiger partial charge on any atom is -0.256 e. The van der Waals surface area contributed by atoms with Crippen molar-refractivity contribution in [2.75, 3.05) is 0 Å². The highest BCUT2D eigenvalue weighted by Crippen LogP contribution is 2.42. The minimum atomic E-state index is -2.38. The third kappa shape index (κ3) is 12.1. The summed E-state index contributed by atoms with van der Waals surface area (Å²) in [5.41, 5.74) is 21.0. The fraction of sp³-hybridized carbons (Fsp3) is 0.147. The van der Waals surface area contributed by atoms with Crippen molar-refractivity contribution in [2.24, 2.45) is 5.41 Å². The quantitative estimate of drug-likeness (QED) is 0.103. The average molecular weight is 1030 g/mol. The van der Waals surface area contributed by atoms with Gasteiger partial charge in [0.15, 0.2) is 0 Å². The molecule has 0 aliphatic rings. The van der Waals surface area contributed by atoms with Crippen molar-refractivity contribution in [3.8, 4) is 95.5 Å². The van der Waals surface area contributed by atoms with Crippen molar-refractivity contribution >= 4 is 0 Å². The molecule has 0 atom stereocenters. The van der Waals surface area contributed by atoms with Gasteiger partial charge in [-0.05, 0) is 194 Å². The molecule has 0 N–H and O–H groups in total. The van der Waals surface area contributed by atoms with Crippen LogP contribution in [-0.2, 0) is 32.1 Å². The van der Waals surface area contributed by atoms with E-state index in [0.29, 0.717) is 22.4 Å². The van der Waals surface area contributed by atoms with E-state index >= 15 is 0 Å². The fourth-order valence-corrected chi connectivity index (χ4v) is 10.6. The van der Waals surface area contributed by atoms with Gasteiger partial charge in [-0.15, -0.1) is 0 Å². The number of aromatic nitrogens is 3. The Morgan fingerprint density at radius 2 is 0.937 bits per heavy atom. The van der Waals surface area contributed by atoms with E-state index in [2.05, 4.69) is 149 Å². The largest absolute Gasteiger partial charge is 0.256 e. The zero-order valence-electron chi connectivity index (χ0n) is 50.1. The lowest BCUT2D eigenvalue weighted by Gasteiger charge is -2.20. The van der Waals surface area contributed by atoms with E-state index < -0.39 is 18.6 Å². The highest BCUT2D eigenvalue weighted by molar-refractivity contribution is 5.94. The monoisotopic (exact) mass is 1030 g/mol. The van der Waals surface area contributed by atoms with Gasteiger partial charge in [-0.2, -0.15) is 5.26 Å². The first-order valence-corrected chi connectivity index (χ1v) is 27.1. The number of nitrogens with zero attached hydrogens (tertiary/aromatic N) is 4. The molecule has 4 nitrogen and oxygen atoms in total. The molecule has 0 saturated carbocycles. The molecule has 0 saturated heterocycles. The maximum atomic E-state index is 10.1. The molecule has 0 amide bonds. The number of pyridine rings is 3. The Balaban J connectivity index is 1.01. The average Bonchev–Trinajstić information content (AvgIpc) is 2.48. The van der Waals surface area contributed by atoms with Crippen LogP contribution in [0.5, 0.6) is 0 Å². The highest BCUT2D eigenvalue weighted by Gasteiger charge is 2.19. The van der Waals surface area contributed by atoms with Crippen LogP contribution in [-0.4, -0.2) is 15.0 Å². The lowest BCUT2D eigenvalue weighted by atomic mass is 9.85. The summed E-state index contributed by atoms with van der Waals surface area (Å²) >= 11 is 0. The Hall–Kier alpha value is -9.30. The number of rotatable bonds is 15. The lowest BCUT2D eigenvalue weighted by Crippen LogP contribution is -2.10. The zero-order valence-corrected chi connectivity index (χ0v) is 45.1. The molecule has 0 aliphatic heterocycles. The van der Waals surface area contributed by atoms with Crippen LogP contribution in [0, 0.1) is 30.5 Å². The second-order valence-electron chi connectivity index (χ2n) is 21.4. The number of benzene rings is 8. The zero-order chi connectivity index (χ0) is 58.6. The molecule has 0 unspecified atom stereocenters. The van der Waals surface area contributed by atoms with Gasteiger partial charge >= 0.3 is 0 Å². The summed E-state index contributed by atoms with van der Waals surface area (Å²) in [6, 6.07) is 77.4. The number of nitriles is 1.